The summed E-state index contributed by atoms with van der Waals surface area (Å²) < 4.78 is 25.3. The van der Waals surface area contributed by atoms with Crippen LogP contribution in [0.4, 0.5) is 8.78 Å². The summed E-state index contributed by atoms with van der Waals surface area (Å²) in [6.07, 6.45) is -0.459. The Morgan fingerprint density at radius 2 is 2.31 bits per heavy atom. The standard InChI is InChI=1S/C7H12F2N2O2/c1-11(13-2)6(12)5-3-7(8,9)4-10-5/h5,10H,3-4H2,1-2H3/t5-/m0/s1. The van der Waals surface area contributed by atoms with Crippen LogP contribution < -0.4 is 5.32 Å². The Kier molecular flexibility index (Phi) is 2.82. The van der Waals surface area contributed by atoms with Gasteiger partial charge in [0.2, 0.25) is 0 Å². The van der Waals surface area contributed by atoms with Crippen molar-refractivity contribution in [3.05, 3.63) is 0 Å². The number of likely N-dealkylation sites (N-methyl/N-ethyl adjacent to an activating group) is 1. The van der Waals surface area contributed by atoms with E-state index >= 15 is 0 Å². The van der Waals surface area contributed by atoms with Crippen molar-refractivity contribution in [1.29, 1.82) is 0 Å². The van der Waals surface area contributed by atoms with Crippen molar-refractivity contribution in [3.8, 4) is 0 Å². The molecule has 13 heavy (non-hydrogen) atoms. The number of halogens is 2. The topological polar surface area (TPSA) is 41.6 Å². The van der Waals surface area contributed by atoms with E-state index in [-0.39, 0.29) is 0 Å². The third-order valence-corrected chi connectivity index (χ3v) is 1.99. The molecule has 1 aliphatic rings. The molecular weight excluding hydrogens is 182 g/mol. The molecule has 0 aromatic rings. The van der Waals surface area contributed by atoms with Crippen LogP contribution in [0, 0.1) is 0 Å². The maximum Gasteiger partial charge on any atom is 0.263 e. The van der Waals surface area contributed by atoms with Gasteiger partial charge >= 0.3 is 0 Å². The van der Waals surface area contributed by atoms with Gasteiger partial charge < -0.3 is 0 Å². The Morgan fingerprint density at radius 1 is 1.69 bits per heavy atom. The molecule has 0 aliphatic carbocycles. The van der Waals surface area contributed by atoms with Crippen LogP contribution in [0.25, 0.3) is 0 Å². The van der Waals surface area contributed by atoms with Gasteiger partial charge in [0.1, 0.15) is 0 Å². The number of hydrogen-bond acceptors (Lipinski definition) is 3. The first kappa shape index (κ1) is 10.3. The zero-order valence-electron chi connectivity index (χ0n) is 7.51. The number of carbonyl (C=O) groups is 1. The fourth-order valence-corrected chi connectivity index (χ4v) is 1.20. The number of hydrogen-bond donors (Lipinski definition) is 1. The summed E-state index contributed by atoms with van der Waals surface area (Å²) in [6, 6.07) is -0.833. The molecule has 0 unspecified atom stereocenters. The first-order chi connectivity index (χ1) is 5.96. The number of carbonyl (C=O) groups excluding carboxylic acids is 1. The minimum absolute atomic E-state index is 0.443. The van der Waals surface area contributed by atoms with Crippen LogP contribution in [0.15, 0.2) is 0 Å². The SMILES string of the molecule is CON(C)C(=O)[C@@H]1CC(F)(F)CN1. The van der Waals surface area contributed by atoms with Gasteiger partial charge in [0.05, 0.1) is 19.7 Å². The summed E-state index contributed by atoms with van der Waals surface area (Å²) in [5, 5.41) is 3.38. The van der Waals surface area contributed by atoms with Crippen molar-refractivity contribution in [2.75, 3.05) is 20.7 Å². The van der Waals surface area contributed by atoms with Crippen LogP contribution in [0.3, 0.4) is 0 Å². The summed E-state index contributed by atoms with van der Waals surface area (Å²) in [7, 11) is 2.70. The lowest BCUT2D eigenvalue weighted by Gasteiger charge is -2.17. The van der Waals surface area contributed by atoms with Gasteiger partial charge in [-0.1, -0.05) is 0 Å². The highest BCUT2D eigenvalue weighted by Crippen LogP contribution is 2.25. The fourth-order valence-electron chi connectivity index (χ4n) is 1.20. The highest BCUT2D eigenvalue weighted by Gasteiger charge is 2.43. The molecule has 1 saturated heterocycles. The Hall–Kier alpha value is -0.750. The predicted octanol–water partition coefficient (Wildman–Crippen LogP) is 0.00340. The average Bonchev–Trinajstić information content (AvgIpc) is 2.43. The molecule has 1 rings (SSSR count). The van der Waals surface area contributed by atoms with E-state index in [0.29, 0.717) is 0 Å². The molecule has 0 aromatic carbocycles. The molecule has 76 valence electrons. The van der Waals surface area contributed by atoms with Crippen LogP contribution in [-0.2, 0) is 9.63 Å². The van der Waals surface area contributed by atoms with E-state index in [1.165, 1.54) is 14.2 Å². The van der Waals surface area contributed by atoms with Crippen LogP contribution in [0.2, 0.25) is 0 Å². The number of nitrogens with one attached hydrogen (secondary N) is 1. The first-order valence-electron chi connectivity index (χ1n) is 3.89. The molecule has 0 bridgehead atoms. The molecule has 1 heterocycles. The van der Waals surface area contributed by atoms with Crippen LogP contribution in [0.1, 0.15) is 6.42 Å². The third-order valence-electron chi connectivity index (χ3n) is 1.99. The molecule has 1 amide bonds. The second kappa shape index (κ2) is 3.55. The van der Waals surface area contributed by atoms with Gasteiger partial charge in [0, 0.05) is 13.5 Å². The molecule has 1 fully saturated rings. The van der Waals surface area contributed by atoms with Crippen molar-refractivity contribution in [2.45, 2.75) is 18.4 Å². The van der Waals surface area contributed by atoms with Crippen molar-refractivity contribution in [1.82, 2.24) is 10.4 Å². The van der Waals surface area contributed by atoms with Gasteiger partial charge in [-0.2, -0.15) is 0 Å². The molecule has 0 radical (unpaired) electrons. The lowest BCUT2D eigenvalue weighted by atomic mass is 10.2. The minimum Gasteiger partial charge on any atom is -0.300 e. The van der Waals surface area contributed by atoms with E-state index in [2.05, 4.69) is 10.2 Å². The Bertz CT molecular complexity index is 211. The summed E-state index contributed by atoms with van der Waals surface area (Å²) in [5.41, 5.74) is 0. The molecule has 0 spiro atoms. The summed E-state index contributed by atoms with van der Waals surface area (Å²) >= 11 is 0. The first-order valence-corrected chi connectivity index (χ1v) is 3.89. The van der Waals surface area contributed by atoms with E-state index < -0.39 is 30.8 Å². The quantitative estimate of drug-likeness (QED) is 0.629. The molecule has 1 atom stereocenters. The van der Waals surface area contributed by atoms with E-state index in [1.54, 1.807) is 0 Å². The maximum absolute atomic E-state index is 12.6. The molecule has 0 aromatic heterocycles. The lowest BCUT2D eigenvalue weighted by molar-refractivity contribution is -0.171. The number of amides is 1. The van der Waals surface area contributed by atoms with E-state index in [4.69, 9.17) is 0 Å². The summed E-state index contributed by atoms with van der Waals surface area (Å²) in [4.78, 5) is 15.9. The molecule has 1 N–H and O–H groups in total. The average molecular weight is 194 g/mol. The normalized spacial score (nSPS) is 26.0. The van der Waals surface area contributed by atoms with Crippen molar-refractivity contribution < 1.29 is 18.4 Å². The largest absolute Gasteiger partial charge is 0.300 e. The number of alkyl halides is 2. The van der Waals surface area contributed by atoms with E-state index in [1.807, 2.05) is 0 Å². The predicted molar refractivity (Wildman–Crippen MR) is 41.1 cm³/mol. The second-order valence-corrected chi connectivity index (χ2v) is 3.01. The van der Waals surface area contributed by atoms with Crippen molar-refractivity contribution in [2.24, 2.45) is 0 Å². The van der Waals surface area contributed by atoms with Gasteiger partial charge in [0.25, 0.3) is 11.8 Å². The Labute approximate surface area is 74.8 Å². The zero-order chi connectivity index (χ0) is 10.1. The minimum atomic E-state index is -2.78. The highest BCUT2D eigenvalue weighted by atomic mass is 19.3. The summed E-state index contributed by atoms with van der Waals surface area (Å²) in [6.45, 7) is -0.443. The van der Waals surface area contributed by atoms with Gasteiger partial charge in [-0.15, -0.1) is 0 Å². The molecule has 0 saturated carbocycles. The monoisotopic (exact) mass is 194 g/mol. The fraction of sp³-hybridized carbons (Fsp3) is 0.857. The maximum atomic E-state index is 12.6. The number of rotatable bonds is 2. The van der Waals surface area contributed by atoms with Crippen molar-refractivity contribution >= 4 is 5.91 Å². The number of nitrogens with zero attached hydrogens (tertiary/aromatic N) is 1. The van der Waals surface area contributed by atoms with Crippen LogP contribution in [0.5, 0.6) is 0 Å². The highest BCUT2D eigenvalue weighted by molar-refractivity contribution is 5.81. The van der Waals surface area contributed by atoms with Gasteiger partial charge in [-0.3, -0.25) is 14.9 Å². The Balaban J connectivity index is 2.51. The second-order valence-electron chi connectivity index (χ2n) is 3.01. The zero-order valence-corrected chi connectivity index (χ0v) is 7.51. The number of hydroxylamine groups is 2. The lowest BCUT2D eigenvalue weighted by Crippen LogP contribution is -2.40. The third kappa shape index (κ3) is 2.35. The summed E-state index contributed by atoms with van der Waals surface area (Å²) in [5.74, 6) is -3.26. The van der Waals surface area contributed by atoms with E-state index in [9.17, 15) is 13.6 Å². The molecule has 6 heteroatoms. The Morgan fingerprint density at radius 3 is 2.69 bits per heavy atom. The molecular formula is C7H12F2N2O2. The smallest absolute Gasteiger partial charge is 0.263 e. The van der Waals surface area contributed by atoms with Crippen LogP contribution in [-0.4, -0.2) is 43.6 Å². The molecule has 1 aliphatic heterocycles. The van der Waals surface area contributed by atoms with Crippen LogP contribution >= 0.6 is 0 Å². The van der Waals surface area contributed by atoms with E-state index in [0.717, 1.165) is 5.06 Å². The van der Waals surface area contributed by atoms with Gasteiger partial charge in [-0.25, -0.2) is 13.8 Å². The van der Waals surface area contributed by atoms with Gasteiger partial charge in [-0.05, 0) is 0 Å². The van der Waals surface area contributed by atoms with Crippen molar-refractivity contribution in [3.63, 3.8) is 0 Å². The van der Waals surface area contributed by atoms with Gasteiger partial charge in [0.15, 0.2) is 0 Å². The molecule has 4 nitrogen and oxygen atoms in total.